The molecule has 0 amide bonds. The molecule has 19 nitrogen and oxygen atoms in total. The number of ether oxygens (including phenoxy) is 2. The molecule has 0 aromatic carbocycles. The van der Waals surface area contributed by atoms with Crippen LogP contribution in [0.2, 0.25) is 0 Å². The van der Waals surface area contributed by atoms with E-state index in [1.165, 1.54) is 20.0 Å². The van der Waals surface area contributed by atoms with Crippen molar-refractivity contribution in [1.82, 2.24) is 19.1 Å². The number of phosphoric acid groups is 2. The zero-order chi connectivity index (χ0) is 30.5. The molecule has 7 N–H and O–H groups in total. The highest BCUT2D eigenvalue weighted by Gasteiger charge is 2.56. The number of aliphatic hydroxyl groups is 1. The van der Waals surface area contributed by atoms with Crippen molar-refractivity contribution in [3.8, 4) is 0 Å². The molecule has 0 bridgehead atoms. The number of H-pyrrole nitrogens is 2. The Bertz CT molecular complexity index is 1640. The number of phosphoric ester groups is 2. The van der Waals surface area contributed by atoms with Crippen LogP contribution in [0.4, 0.5) is 0 Å². The predicted molar refractivity (Wildman–Crippen MR) is 134 cm³/mol. The van der Waals surface area contributed by atoms with Crippen LogP contribution >= 0.6 is 15.6 Å². The molecular weight excluding hydrogens is 598 g/mol. The van der Waals surface area contributed by atoms with Gasteiger partial charge >= 0.3 is 27.0 Å². The van der Waals surface area contributed by atoms with Gasteiger partial charge in [-0.2, -0.15) is 0 Å². The summed E-state index contributed by atoms with van der Waals surface area (Å²) in [6, 6.07) is 0. The van der Waals surface area contributed by atoms with Gasteiger partial charge in [0.25, 0.3) is 11.1 Å². The van der Waals surface area contributed by atoms with Gasteiger partial charge in [-0.05, 0) is 13.8 Å². The van der Waals surface area contributed by atoms with Gasteiger partial charge in [0.15, 0.2) is 0 Å². The molecule has 2 aliphatic rings. The summed E-state index contributed by atoms with van der Waals surface area (Å²) in [6.07, 6.45) is -5.80. The summed E-state index contributed by atoms with van der Waals surface area (Å²) in [5, 5.41) is 10.8. The van der Waals surface area contributed by atoms with E-state index in [0.29, 0.717) is 0 Å². The Kier molecular flexibility index (Phi) is 8.63. The zero-order valence-corrected chi connectivity index (χ0v) is 23.3. The van der Waals surface area contributed by atoms with Crippen LogP contribution in [0.1, 0.15) is 42.8 Å². The van der Waals surface area contributed by atoms with Crippen LogP contribution in [0.15, 0.2) is 31.6 Å². The number of aromatic nitrogens is 4. The van der Waals surface area contributed by atoms with E-state index in [9.17, 15) is 53.0 Å². The van der Waals surface area contributed by atoms with E-state index in [-0.39, 0.29) is 17.5 Å². The van der Waals surface area contributed by atoms with Crippen molar-refractivity contribution in [1.29, 1.82) is 0 Å². The van der Waals surface area contributed by atoms with Gasteiger partial charge < -0.3 is 34.2 Å². The molecule has 2 aromatic rings. The van der Waals surface area contributed by atoms with E-state index in [1.807, 2.05) is 4.98 Å². The van der Waals surface area contributed by atoms with E-state index in [4.69, 9.17) is 14.0 Å². The van der Waals surface area contributed by atoms with Crippen LogP contribution in [0.5, 0.6) is 0 Å². The maximum atomic E-state index is 12.5. The van der Waals surface area contributed by atoms with Crippen molar-refractivity contribution in [3.63, 3.8) is 0 Å². The number of aliphatic hydroxyl groups excluding tert-OH is 1. The number of aromatic amines is 2. The first-order chi connectivity index (χ1) is 18.9. The lowest BCUT2D eigenvalue weighted by molar-refractivity contribution is -0.155. The maximum absolute atomic E-state index is 12.5. The zero-order valence-electron chi connectivity index (χ0n) is 21.5. The van der Waals surface area contributed by atoms with Crippen LogP contribution in [-0.4, -0.2) is 74.3 Å². The van der Waals surface area contributed by atoms with Crippen LogP contribution in [0.25, 0.3) is 0 Å². The second-order valence-corrected chi connectivity index (χ2v) is 12.2. The molecule has 2 aliphatic heterocycles. The smallest absolute Gasteiger partial charge is 0.390 e. The fourth-order valence-corrected chi connectivity index (χ4v) is 5.83. The van der Waals surface area contributed by atoms with Gasteiger partial charge in [0.1, 0.15) is 24.2 Å². The molecule has 0 saturated carbocycles. The minimum absolute atomic E-state index is 0.0728. The fraction of sp³-hybridized carbons (Fsp3) is 0.600. The summed E-state index contributed by atoms with van der Waals surface area (Å²) < 4.78 is 46.8. The van der Waals surface area contributed by atoms with Crippen molar-refractivity contribution in [2.45, 2.75) is 69.5 Å². The molecule has 0 aliphatic carbocycles. The Balaban J connectivity index is 1.73. The molecule has 4 heterocycles. The number of nitrogens with zero attached hydrogens (tertiary/aromatic N) is 2. The van der Waals surface area contributed by atoms with Crippen LogP contribution in [-0.2, 0) is 27.7 Å². The lowest BCUT2D eigenvalue weighted by atomic mass is 9.89. The molecule has 2 aromatic heterocycles. The standard InChI is InChI=1S/C20H28N4O15P2/c1-9-6-23(18(28)21-16(9)26)14-3-11(25)12(37-14)5-20(8-36-40(30,31)32)13(39-41(33,34)35)4-15(38-20)24-7-10(2)17(27)22-19(24)29/h6-7,11-15,25H,3-5,8H2,1-2H3,(H,21,26,28)(H,22,27,29)(H2,30,31,32)(H2,33,34,35). The van der Waals surface area contributed by atoms with E-state index < -0.39 is 94.0 Å². The third-order valence-corrected chi connectivity index (χ3v) is 7.77. The number of hydrogen-bond donors (Lipinski definition) is 7. The summed E-state index contributed by atoms with van der Waals surface area (Å²) in [5.41, 5.74) is -5.07. The van der Waals surface area contributed by atoms with E-state index in [1.54, 1.807) is 0 Å². The molecule has 6 unspecified atom stereocenters. The van der Waals surface area contributed by atoms with Crippen LogP contribution in [0, 0.1) is 13.8 Å². The second-order valence-electron chi connectivity index (χ2n) is 9.82. The molecule has 0 spiro atoms. The largest absolute Gasteiger partial charge is 0.469 e. The monoisotopic (exact) mass is 626 g/mol. The van der Waals surface area contributed by atoms with Crippen molar-refractivity contribution < 1.29 is 52.3 Å². The van der Waals surface area contributed by atoms with Gasteiger partial charge in [-0.3, -0.25) is 37.7 Å². The average Bonchev–Trinajstić information content (AvgIpc) is 3.36. The minimum atomic E-state index is -5.30. The van der Waals surface area contributed by atoms with E-state index in [2.05, 4.69) is 9.51 Å². The predicted octanol–water partition coefficient (Wildman–Crippen LogP) is -2.01. The van der Waals surface area contributed by atoms with Gasteiger partial charge in [0.2, 0.25) is 0 Å². The molecule has 2 saturated heterocycles. The van der Waals surface area contributed by atoms with Gasteiger partial charge in [-0.25, -0.2) is 18.7 Å². The van der Waals surface area contributed by atoms with E-state index in [0.717, 1.165) is 15.3 Å². The molecule has 21 heteroatoms. The fourth-order valence-electron chi connectivity index (χ4n) is 4.84. The summed E-state index contributed by atoms with van der Waals surface area (Å²) in [4.78, 5) is 90.6. The highest BCUT2D eigenvalue weighted by molar-refractivity contribution is 7.46. The van der Waals surface area contributed by atoms with Crippen molar-refractivity contribution in [2.75, 3.05) is 6.61 Å². The normalized spacial score (nSPS) is 28.8. The topological polar surface area (TPSA) is 282 Å². The SMILES string of the molecule is Cc1cn(C2CC(O)C(CC3(COP(=O)(O)O)OC(n4cc(C)c(=O)[nH]c4=O)CC3OP(=O)(O)O)O2)c(=O)[nH]c1=O. The molecule has 4 rings (SSSR count). The Morgan fingerprint density at radius 2 is 1.46 bits per heavy atom. The first-order valence-corrected chi connectivity index (χ1v) is 15.0. The number of rotatable bonds is 9. The van der Waals surface area contributed by atoms with Crippen molar-refractivity contribution >= 4 is 15.6 Å². The highest BCUT2D eigenvalue weighted by Crippen LogP contribution is 2.51. The highest BCUT2D eigenvalue weighted by atomic mass is 31.2. The minimum Gasteiger partial charge on any atom is -0.390 e. The molecule has 41 heavy (non-hydrogen) atoms. The van der Waals surface area contributed by atoms with E-state index >= 15 is 0 Å². The first-order valence-electron chi connectivity index (χ1n) is 12.0. The second kappa shape index (κ2) is 11.3. The van der Waals surface area contributed by atoms with Crippen molar-refractivity contribution in [2.24, 2.45) is 0 Å². The quantitative estimate of drug-likeness (QED) is 0.148. The summed E-state index contributed by atoms with van der Waals surface area (Å²) >= 11 is 0. The Hall–Kier alpha value is -2.54. The van der Waals surface area contributed by atoms with Crippen molar-refractivity contribution in [3.05, 3.63) is 65.2 Å². The Morgan fingerprint density at radius 3 is 1.98 bits per heavy atom. The summed E-state index contributed by atoms with van der Waals surface area (Å²) in [6.45, 7) is 1.76. The molecule has 228 valence electrons. The number of hydrogen-bond acceptors (Lipinski definition) is 11. The lowest BCUT2D eigenvalue weighted by Crippen LogP contribution is -2.49. The molecule has 0 radical (unpaired) electrons. The van der Waals surface area contributed by atoms with Crippen LogP contribution in [0.3, 0.4) is 0 Å². The molecular formula is C20H28N4O15P2. The average molecular weight is 626 g/mol. The van der Waals surface area contributed by atoms with Gasteiger partial charge in [0, 0.05) is 42.8 Å². The van der Waals surface area contributed by atoms with Gasteiger partial charge in [0.05, 0.1) is 18.8 Å². The van der Waals surface area contributed by atoms with Gasteiger partial charge in [-0.1, -0.05) is 0 Å². The Morgan fingerprint density at radius 1 is 0.927 bits per heavy atom. The number of aryl methyl sites for hydroxylation is 2. The Labute approximate surface area is 228 Å². The summed E-state index contributed by atoms with van der Waals surface area (Å²) in [5.74, 6) is 0. The first kappa shape index (κ1) is 31.4. The van der Waals surface area contributed by atoms with Crippen LogP contribution < -0.4 is 22.5 Å². The molecule has 2 fully saturated rings. The third kappa shape index (κ3) is 7.10. The number of nitrogens with one attached hydrogen (secondary N) is 2. The molecule has 6 atom stereocenters. The maximum Gasteiger partial charge on any atom is 0.469 e. The third-order valence-electron chi connectivity index (χ3n) is 6.78. The summed E-state index contributed by atoms with van der Waals surface area (Å²) in [7, 11) is -10.5. The van der Waals surface area contributed by atoms with Gasteiger partial charge in [-0.15, -0.1) is 0 Å². The lowest BCUT2D eigenvalue weighted by Gasteiger charge is -2.36.